The summed E-state index contributed by atoms with van der Waals surface area (Å²) in [5, 5.41) is 0. The summed E-state index contributed by atoms with van der Waals surface area (Å²) < 4.78 is 16.1. The zero-order chi connectivity index (χ0) is 13.1. The molecule has 0 spiro atoms. The maximum atomic E-state index is 6.28. The number of ether oxygens (including phenoxy) is 3. The monoisotopic (exact) mass is 251 g/mol. The van der Waals surface area contributed by atoms with Gasteiger partial charge in [-0.2, -0.15) is 0 Å². The maximum absolute atomic E-state index is 6.28. The summed E-state index contributed by atoms with van der Waals surface area (Å²) in [6, 6.07) is 3.66. The average molecular weight is 251 g/mol. The molecule has 0 aromatic heterocycles. The molecule has 2 rings (SSSR count). The molecule has 0 bridgehead atoms. The van der Waals surface area contributed by atoms with E-state index in [1.807, 2.05) is 12.1 Å². The van der Waals surface area contributed by atoms with Crippen molar-refractivity contribution in [2.45, 2.75) is 25.3 Å². The van der Waals surface area contributed by atoms with E-state index in [1.165, 1.54) is 12.8 Å². The Hall–Kier alpha value is -1.42. The molecule has 1 saturated carbocycles. The summed E-state index contributed by atoms with van der Waals surface area (Å²) >= 11 is 0. The van der Waals surface area contributed by atoms with Gasteiger partial charge in [0.05, 0.1) is 26.9 Å². The molecule has 1 aromatic rings. The van der Waals surface area contributed by atoms with Gasteiger partial charge >= 0.3 is 0 Å². The molecule has 4 nitrogen and oxygen atoms in total. The van der Waals surface area contributed by atoms with E-state index in [1.54, 1.807) is 21.3 Å². The van der Waals surface area contributed by atoms with Crippen LogP contribution in [0.4, 0.5) is 0 Å². The van der Waals surface area contributed by atoms with Gasteiger partial charge in [-0.25, -0.2) is 0 Å². The Morgan fingerprint density at radius 2 is 1.67 bits per heavy atom. The molecule has 2 N–H and O–H groups in total. The van der Waals surface area contributed by atoms with Crippen molar-refractivity contribution in [1.82, 2.24) is 0 Å². The first kappa shape index (κ1) is 13.0. The third kappa shape index (κ3) is 2.70. The Bertz CT molecular complexity index is 390. The van der Waals surface area contributed by atoms with Gasteiger partial charge in [0.25, 0.3) is 0 Å². The second kappa shape index (κ2) is 5.48. The number of hydrogen-bond donors (Lipinski definition) is 1. The van der Waals surface area contributed by atoms with Gasteiger partial charge in [-0.15, -0.1) is 0 Å². The van der Waals surface area contributed by atoms with Crippen LogP contribution in [-0.4, -0.2) is 21.3 Å². The standard InChI is InChI=1S/C14H21NO3/c1-16-10-7-12(17-2)14(13(8-10)18-3)11(15)6-9-4-5-9/h7-9,11H,4-6,15H2,1-3H3. The molecule has 0 aliphatic heterocycles. The van der Waals surface area contributed by atoms with Crippen LogP contribution < -0.4 is 19.9 Å². The molecule has 1 unspecified atom stereocenters. The molecule has 0 amide bonds. The largest absolute Gasteiger partial charge is 0.496 e. The fraction of sp³-hybridized carbons (Fsp3) is 0.571. The van der Waals surface area contributed by atoms with E-state index in [0.717, 1.165) is 29.4 Å². The van der Waals surface area contributed by atoms with Crippen LogP contribution in [0.1, 0.15) is 30.9 Å². The minimum Gasteiger partial charge on any atom is -0.496 e. The first-order valence-corrected chi connectivity index (χ1v) is 6.25. The van der Waals surface area contributed by atoms with Crippen LogP contribution in [0.15, 0.2) is 12.1 Å². The Morgan fingerprint density at radius 3 is 2.06 bits per heavy atom. The number of hydrogen-bond acceptors (Lipinski definition) is 4. The van der Waals surface area contributed by atoms with E-state index in [9.17, 15) is 0 Å². The molecule has 18 heavy (non-hydrogen) atoms. The van der Waals surface area contributed by atoms with Crippen LogP contribution >= 0.6 is 0 Å². The van der Waals surface area contributed by atoms with Crippen molar-refractivity contribution in [3.8, 4) is 17.2 Å². The SMILES string of the molecule is COc1cc(OC)c(C(N)CC2CC2)c(OC)c1. The molecule has 1 fully saturated rings. The van der Waals surface area contributed by atoms with Crippen LogP contribution in [-0.2, 0) is 0 Å². The number of benzene rings is 1. The number of methoxy groups -OCH3 is 3. The molecular formula is C14H21NO3. The fourth-order valence-electron chi connectivity index (χ4n) is 2.23. The van der Waals surface area contributed by atoms with E-state index in [4.69, 9.17) is 19.9 Å². The van der Waals surface area contributed by atoms with Gasteiger partial charge in [-0.3, -0.25) is 0 Å². The van der Waals surface area contributed by atoms with Crippen molar-refractivity contribution in [2.24, 2.45) is 11.7 Å². The van der Waals surface area contributed by atoms with Crippen LogP contribution in [0.3, 0.4) is 0 Å². The van der Waals surface area contributed by atoms with Crippen molar-refractivity contribution >= 4 is 0 Å². The highest BCUT2D eigenvalue weighted by Crippen LogP contribution is 2.43. The van der Waals surface area contributed by atoms with Crippen LogP contribution in [0.5, 0.6) is 17.2 Å². The van der Waals surface area contributed by atoms with Gasteiger partial charge in [0.1, 0.15) is 17.2 Å². The highest BCUT2D eigenvalue weighted by molar-refractivity contribution is 5.52. The molecule has 4 heteroatoms. The lowest BCUT2D eigenvalue weighted by molar-refractivity contribution is 0.361. The molecule has 100 valence electrons. The maximum Gasteiger partial charge on any atom is 0.131 e. The third-order valence-electron chi connectivity index (χ3n) is 3.41. The Morgan fingerprint density at radius 1 is 1.11 bits per heavy atom. The lowest BCUT2D eigenvalue weighted by Crippen LogP contribution is -2.14. The second-order valence-electron chi connectivity index (χ2n) is 4.73. The second-order valence-corrected chi connectivity index (χ2v) is 4.73. The van der Waals surface area contributed by atoms with Gasteiger partial charge in [-0.1, -0.05) is 12.8 Å². The zero-order valence-electron chi connectivity index (χ0n) is 11.2. The molecule has 1 aromatic carbocycles. The quantitative estimate of drug-likeness (QED) is 0.844. The summed E-state index contributed by atoms with van der Waals surface area (Å²) in [5.41, 5.74) is 7.22. The lowest BCUT2D eigenvalue weighted by atomic mass is 9.99. The van der Waals surface area contributed by atoms with E-state index < -0.39 is 0 Å². The van der Waals surface area contributed by atoms with Crippen molar-refractivity contribution in [3.05, 3.63) is 17.7 Å². The Kier molecular flexibility index (Phi) is 3.97. The first-order valence-electron chi connectivity index (χ1n) is 6.25. The first-order chi connectivity index (χ1) is 8.69. The molecule has 0 heterocycles. The Balaban J connectivity index is 2.34. The normalized spacial score (nSPS) is 16.2. The molecule has 1 aliphatic carbocycles. The number of rotatable bonds is 6. The smallest absolute Gasteiger partial charge is 0.131 e. The molecule has 0 radical (unpaired) electrons. The Labute approximate surface area is 108 Å². The summed E-state index contributed by atoms with van der Waals surface area (Å²) in [6.07, 6.45) is 3.56. The van der Waals surface area contributed by atoms with Gasteiger partial charge < -0.3 is 19.9 Å². The minimum absolute atomic E-state index is 0.0479. The molecule has 1 atom stereocenters. The van der Waals surface area contributed by atoms with Crippen molar-refractivity contribution in [3.63, 3.8) is 0 Å². The highest BCUT2D eigenvalue weighted by Gasteiger charge is 2.28. The van der Waals surface area contributed by atoms with Gasteiger partial charge in [0.15, 0.2) is 0 Å². The van der Waals surface area contributed by atoms with Crippen molar-refractivity contribution < 1.29 is 14.2 Å². The third-order valence-corrected chi connectivity index (χ3v) is 3.41. The summed E-state index contributed by atoms with van der Waals surface area (Å²) in [4.78, 5) is 0. The predicted octanol–water partition coefficient (Wildman–Crippen LogP) is 2.51. The van der Waals surface area contributed by atoms with Gasteiger partial charge in [0, 0.05) is 18.2 Å². The molecular weight excluding hydrogens is 230 g/mol. The van der Waals surface area contributed by atoms with Crippen molar-refractivity contribution in [1.29, 1.82) is 0 Å². The summed E-state index contributed by atoms with van der Waals surface area (Å²) in [7, 11) is 4.90. The highest BCUT2D eigenvalue weighted by atomic mass is 16.5. The number of nitrogens with two attached hydrogens (primary N) is 1. The predicted molar refractivity (Wildman–Crippen MR) is 70.4 cm³/mol. The van der Waals surface area contributed by atoms with Crippen LogP contribution in [0, 0.1) is 5.92 Å². The molecule has 1 aliphatic rings. The van der Waals surface area contributed by atoms with E-state index >= 15 is 0 Å². The van der Waals surface area contributed by atoms with Gasteiger partial charge in [-0.05, 0) is 12.3 Å². The minimum atomic E-state index is -0.0479. The van der Waals surface area contributed by atoms with Crippen LogP contribution in [0.25, 0.3) is 0 Å². The zero-order valence-corrected chi connectivity index (χ0v) is 11.2. The van der Waals surface area contributed by atoms with Crippen molar-refractivity contribution in [2.75, 3.05) is 21.3 Å². The van der Waals surface area contributed by atoms with Gasteiger partial charge in [0.2, 0.25) is 0 Å². The fourth-order valence-corrected chi connectivity index (χ4v) is 2.23. The summed E-state index contributed by atoms with van der Waals surface area (Å²) in [6.45, 7) is 0. The van der Waals surface area contributed by atoms with E-state index in [0.29, 0.717) is 5.75 Å². The average Bonchev–Trinajstić information content (AvgIpc) is 3.20. The van der Waals surface area contributed by atoms with Crippen LogP contribution in [0.2, 0.25) is 0 Å². The topological polar surface area (TPSA) is 53.7 Å². The van der Waals surface area contributed by atoms with E-state index in [-0.39, 0.29) is 6.04 Å². The molecule has 0 saturated heterocycles. The van der Waals surface area contributed by atoms with E-state index in [2.05, 4.69) is 0 Å². The lowest BCUT2D eigenvalue weighted by Gasteiger charge is -2.19. The summed E-state index contributed by atoms with van der Waals surface area (Å²) in [5.74, 6) is 2.95.